The minimum Gasteiger partial charge on any atom is -0.296 e. The summed E-state index contributed by atoms with van der Waals surface area (Å²) in [4.78, 5) is 14.0. The second kappa shape index (κ2) is 7.07. The van der Waals surface area contributed by atoms with Gasteiger partial charge in [0, 0.05) is 35.1 Å². The molecule has 4 nitrogen and oxygen atoms in total. The molecule has 154 valence electrons. The zero-order chi connectivity index (χ0) is 21.8. The van der Waals surface area contributed by atoms with Crippen molar-refractivity contribution in [2.75, 3.05) is 9.80 Å². The van der Waals surface area contributed by atoms with Gasteiger partial charge in [0.25, 0.3) is 6.71 Å². The zero-order valence-electron chi connectivity index (χ0n) is 17.8. The topological polar surface area (TPSA) is 32.3 Å². The zero-order valence-corrected chi connectivity index (χ0v) is 17.8. The lowest BCUT2D eigenvalue weighted by Crippen LogP contribution is -2.61. The molecule has 0 bridgehead atoms. The number of aromatic nitrogens is 2. The van der Waals surface area contributed by atoms with Crippen molar-refractivity contribution in [2.45, 2.75) is 0 Å². The third-order valence-electron chi connectivity index (χ3n) is 6.56. The molecule has 0 saturated carbocycles. The fourth-order valence-corrected chi connectivity index (χ4v) is 5.30. The van der Waals surface area contributed by atoms with Gasteiger partial charge in [-0.3, -0.25) is 9.80 Å². The van der Waals surface area contributed by atoms with Crippen LogP contribution in [0.4, 0.5) is 34.4 Å². The Bertz CT molecular complexity index is 1380. The summed E-state index contributed by atoms with van der Waals surface area (Å²) in [5, 5.41) is 0. The van der Waals surface area contributed by atoms with Gasteiger partial charge in [-0.1, -0.05) is 54.6 Å². The van der Waals surface area contributed by atoms with Gasteiger partial charge in [-0.2, -0.15) is 0 Å². The molecule has 4 heterocycles. The highest BCUT2D eigenvalue weighted by atomic mass is 15.2. The van der Waals surface area contributed by atoms with Crippen molar-refractivity contribution in [3.05, 3.63) is 116 Å². The number of hydrogen-bond acceptors (Lipinski definition) is 4. The molecule has 0 radical (unpaired) electrons. The molecule has 2 aliphatic rings. The molecular formula is C28H19BN4. The molecule has 0 spiro atoms. The number of pyridine rings is 2. The van der Waals surface area contributed by atoms with E-state index in [1.807, 2.05) is 36.7 Å². The van der Waals surface area contributed by atoms with E-state index in [1.54, 1.807) is 0 Å². The second-order valence-corrected chi connectivity index (χ2v) is 8.31. The van der Waals surface area contributed by atoms with Crippen LogP contribution in [0.25, 0.3) is 0 Å². The molecule has 2 aliphatic heterocycles. The fraction of sp³-hybridized carbons (Fsp3) is 0. The first kappa shape index (κ1) is 18.2. The Morgan fingerprint density at radius 2 is 0.909 bits per heavy atom. The SMILES string of the molecule is c1ccc(N2c3ccccc3B3c4ccccc4N(c4ccccn4)c4cccc2c43)nc1. The number of para-hydroxylation sites is 2. The van der Waals surface area contributed by atoms with Crippen molar-refractivity contribution < 1.29 is 0 Å². The van der Waals surface area contributed by atoms with Crippen LogP contribution in [-0.4, -0.2) is 16.7 Å². The second-order valence-electron chi connectivity index (χ2n) is 8.31. The predicted octanol–water partition coefficient (Wildman–Crippen LogP) is 4.56. The first-order valence-electron chi connectivity index (χ1n) is 11.1. The maximum absolute atomic E-state index is 4.72. The summed E-state index contributed by atoms with van der Waals surface area (Å²) in [5.74, 6) is 1.83. The van der Waals surface area contributed by atoms with Gasteiger partial charge in [0.15, 0.2) is 0 Å². The molecule has 0 N–H and O–H groups in total. The molecule has 5 aromatic rings. The summed E-state index contributed by atoms with van der Waals surface area (Å²) in [6.07, 6.45) is 3.71. The normalized spacial score (nSPS) is 13.3. The average Bonchev–Trinajstić information content (AvgIpc) is 2.89. The molecule has 0 amide bonds. The van der Waals surface area contributed by atoms with Gasteiger partial charge in [-0.25, -0.2) is 9.97 Å². The van der Waals surface area contributed by atoms with Gasteiger partial charge in [-0.15, -0.1) is 0 Å². The minimum absolute atomic E-state index is 0.142. The van der Waals surface area contributed by atoms with Crippen molar-refractivity contribution in [3.8, 4) is 0 Å². The monoisotopic (exact) mass is 422 g/mol. The Labute approximate surface area is 192 Å². The number of fused-ring (bicyclic) bond motifs is 4. The molecule has 0 atom stereocenters. The number of hydrogen-bond donors (Lipinski definition) is 0. The van der Waals surface area contributed by atoms with E-state index in [-0.39, 0.29) is 6.71 Å². The molecule has 0 fully saturated rings. The van der Waals surface area contributed by atoms with Gasteiger partial charge >= 0.3 is 0 Å². The van der Waals surface area contributed by atoms with E-state index in [0.717, 1.165) is 23.0 Å². The smallest absolute Gasteiger partial charge is 0.252 e. The van der Waals surface area contributed by atoms with Crippen molar-refractivity contribution in [1.82, 2.24) is 9.97 Å². The lowest BCUT2D eigenvalue weighted by atomic mass is 9.33. The molecule has 0 saturated heterocycles. The highest BCUT2D eigenvalue weighted by Gasteiger charge is 2.42. The quantitative estimate of drug-likeness (QED) is 0.383. The average molecular weight is 422 g/mol. The summed E-state index contributed by atoms with van der Waals surface area (Å²) in [7, 11) is 0. The van der Waals surface area contributed by atoms with Gasteiger partial charge < -0.3 is 0 Å². The highest BCUT2D eigenvalue weighted by Crippen LogP contribution is 2.42. The summed E-state index contributed by atoms with van der Waals surface area (Å²) >= 11 is 0. The standard InChI is InChI=1S/C28H19BN4/c1-3-12-22-20(10-1)29-21-11-2-4-13-23(21)33(27-17-6-8-19-31-27)25-15-9-14-24(28(25)29)32(22)26-16-5-7-18-30-26/h1-19H. The predicted molar refractivity (Wildman–Crippen MR) is 136 cm³/mol. The van der Waals surface area contributed by atoms with Crippen molar-refractivity contribution in [1.29, 1.82) is 0 Å². The van der Waals surface area contributed by atoms with Crippen LogP contribution in [0.15, 0.2) is 116 Å². The van der Waals surface area contributed by atoms with Crippen molar-refractivity contribution in [3.63, 3.8) is 0 Å². The minimum atomic E-state index is 0.142. The van der Waals surface area contributed by atoms with E-state index in [2.05, 4.69) is 88.7 Å². The summed E-state index contributed by atoms with van der Waals surface area (Å²) < 4.78 is 0. The third-order valence-corrected chi connectivity index (χ3v) is 6.56. The lowest BCUT2D eigenvalue weighted by Gasteiger charge is -2.43. The van der Waals surface area contributed by atoms with Gasteiger partial charge in [0.1, 0.15) is 11.6 Å². The van der Waals surface area contributed by atoms with E-state index in [9.17, 15) is 0 Å². The Hall–Kier alpha value is -4.38. The fourth-order valence-electron chi connectivity index (χ4n) is 5.30. The van der Waals surface area contributed by atoms with E-state index in [1.165, 1.54) is 27.8 Å². The molecule has 33 heavy (non-hydrogen) atoms. The van der Waals surface area contributed by atoms with E-state index in [0.29, 0.717) is 0 Å². The van der Waals surface area contributed by atoms with Crippen LogP contribution in [0.5, 0.6) is 0 Å². The number of rotatable bonds is 2. The van der Waals surface area contributed by atoms with Crippen molar-refractivity contribution >= 4 is 57.5 Å². The van der Waals surface area contributed by atoms with Crippen LogP contribution in [0.3, 0.4) is 0 Å². The molecule has 7 rings (SSSR count). The Morgan fingerprint density at radius 3 is 1.39 bits per heavy atom. The van der Waals surface area contributed by atoms with E-state index < -0.39 is 0 Å². The number of benzene rings is 3. The molecule has 0 unspecified atom stereocenters. The van der Waals surface area contributed by atoms with Crippen LogP contribution in [0, 0.1) is 0 Å². The molecule has 2 aromatic heterocycles. The lowest BCUT2D eigenvalue weighted by molar-refractivity contribution is 1.16. The van der Waals surface area contributed by atoms with Crippen LogP contribution in [0.2, 0.25) is 0 Å². The van der Waals surface area contributed by atoms with Crippen LogP contribution >= 0.6 is 0 Å². The molecule has 5 heteroatoms. The maximum Gasteiger partial charge on any atom is 0.252 e. The molecular weight excluding hydrogens is 403 g/mol. The summed E-state index contributed by atoms with van der Waals surface area (Å²) in [6, 6.07) is 36.1. The largest absolute Gasteiger partial charge is 0.296 e. The van der Waals surface area contributed by atoms with E-state index in [4.69, 9.17) is 9.97 Å². The van der Waals surface area contributed by atoms with Gasteiger partial charge in [0.05, 0.1) is 0 Å². The molecule has 0 aliphatic carbocycles. The first-order chi connectivity index (χ1) is 16.4. The van der Waals surface area contributed by atoms with Gasteiger partial charge in [-0.05, 0) is 64.9 Å². The summed E-state index contributed by atoms with van der Waals surface area (Å²) in [5.41, 5.74) is 8.52. The first-order valence-corrected chi connectivity index (χ1v) is 11.1. The Morgan fingerprint density at radius 1 is 0.455 bits per heavy atom. The summed E-state index contributed by atoms with van der Waals surface area (Å²) in [6.45, 7) is 0.142. The van der Waals surface area contributed by atoms with E-state index >= 15 is 0 Å². The Balaban J connectivity index is 1.58. The number of anilines is 6. The Kier molecular flexibility index (Phi) is 3.90. The third kappa shape index (κ3) is 2.59. The van der Waals surface area contributed by atoms with Crippen LogP contribution in [0.1, 0.15) is 0 Å². The molecule has 3 aromatic carbocycles. The highest BCUT2D eigenvalue weighted by molar-refractivity contribution is 7.00. The number of nitrogens with zero attached hydrogens (tertiary/aromatic N) is 4. The maximum atomic E-state index is 4.72. The van der Waals surface area contributed by atoms with Crippen molar-refractivity contribution in [2.24, 2.45) is 0 Å². The van der Waals surface area contributed by atoms with Crippen LogP contribution < -0.4 is 26.2 Å². The van der Waals surface area contributed by atoms with Crippen LogP contribution in [-0.2, 0) is 0 Å². The van der Waals surface area contributed by atoms with Gasteiger partial charge in [0.2, 0.25) is 0 Å².